The van der Waals surface area contributed by atoms with Crippen molar-refractivity contribution in [3.05, 3.63) is 101 Å². The number of benzene rings is 2. The number of carbonyl (C=O) groups is 2. The van der Waals surface area contributed by atoms with Crippen LogP contribution in [0.3, 0.4) is 0 Å². The zero-order valence-electron chi connectivity index (χ0n) is 24.5. The van der Waals surface area contributed by atoms with E-state index in [4.69, 9.17) is 41.8 Å². The van der Waals surface area contributed by atoms with Crippen molar-refractivity contribution in [2.45, 2.75) is 33.7 Å². The number of furan rings is 1. The molecule has 228 valence electrons. The predicted molar refractivity (Wildman–Crippen MR) is 168 cm³/mol. The van der Waals surface area contributed by atoms with Crippen LogP contribution in [0.1, 0.15) is 45.1 Å². The summed E-state index contributed by atoms with van der Waals surface area (Å²) in [6, 6.07) is 12.7. The Hall–Kier alpha value is -4.12. The molecule has 1 unspecified atom stereocenters. The smallest absolute Gasteiger partial charge is 0.338 e. The first kappa shape index (κ1) is 31.3. The normalized spacial score (nSPS) is 14.8. The molecular formula is C32H28Cl2N2O7S. The summed E-state index contributed by atoms with van der Waals surface area (Å²) in [5, 5.41) is 0.824. The van der Waals surface area contributed by atoms with E-state index in [1.165, 1.54) is 18.6 Å². The standard InChI is InChI=1S/C32H28Cl2N2O7S/c1-16(2)15-41-31(39)28-17(3)35-32-36(29(28)20-7-10-25(42-18(4)37)26(13-20)40-5)30(38)27(44-32)14-21-8-11-24(43-21)19-6-9-22(33)23(34)12-19/h6-14,16,29H,15H2,1-5H3/b27-14+. The summed E-state index contributed by atoms with van der Waals surface area (Å²) in [4.78, 5) is 44.1. The Balaban J connectivity index is 1.63. The number of halogens is 2. The molecule has 4 aromatic rings. The quantitative estimate of drug-likeness (QED) is 0.171. The van der Waals surface area contributed by atoms with Crippen LogP contribution in [-0.2, 0) is 14.3 Å². The highest BCUT2D eigenvalue weighted by Gasteiger charge is 2.34. The van der Waals surface area contributed by atoms with E-state index in [-0.39, 0.29) is 35.2 Å². The number of hydrogen-bond donors (Lipinski definition) is 0. The second kappa shape index (κ2) is 12.9. The van der Waals surface area contributed by atoms with Gasteiger partial charge in [0, 0.05) is 18.6 Å². The maximum Gasteiger partial charge on any atom is 0.338 e. The average molecular weight is 656 g/mol. The highest BCUT2D eigenvalue weighted by Crippen LogP contribution is 2.36. The number of allylic oxidation sites excluding steroid dienone is 1. The Morgan fingerprint density at radius 3 is 2.55 bits per heavy atom. The van der Waals surface area contributed by atoms with Crippen molar-refractivity contribution in [1.29, 1.82) is 0 Å². The summed E-state index contributed by atoms with van der Waals surface area (Å²) >= 11 is 13.4. The Morgan fingerprint density at radius 1 is 1.09 bits per heavy atom. The highest BCUT2D eigenvalue weighted by atomic mass is 35.5. The molecule has 1 aliphatic rings. The van der Waals surface area contributed by atoms with Gasteiger partial charge in [-0.2, -0.15) is 0 Å². The van der Waals surface area contributed by atoms with Crippen LogP contribution in [0.15, 0.2) is 74.0 Å². The summed E-state index contributed by atoms with van der Waals surface area (Å²) in [6.45, 7) is 7.05. The topological polar surface area (TPSA) is 109 Å². The maximum absolute atomic E-state index is 14.0. The lowest BCUT2D eigenvalue weighted by Crippen LogP contribution is -2.40. The summed E-state index contributed by atoms with van der Waals surface area (Å²) in [5.41, 5.74) is 1.52. The van der Waals surface area contributed by atoms with Gasteiger partial charge in [0.1, 0.15) is 11.5 Å². The van der Waals surface area contributed by atoms with Crippen LogP contribution >= 0.6 is 34.5 Å². The first-order chi connectivity index (χ1) is 21.0. The number of hydrogen-bond acceptors (Lipinski definition) is 9. The van der Waals surface area contributed by atoms with Crippen LogP contribution in [0, 0.1) is 5.92 Å². The van der Waals surface area contributed by atoms with Gasteiger partial charge in [0.25, 0.3) is 5.56 Å². The fourth-order valence-corrected chi connectivity index (χ4v) is 6.00. The molecule has 1 atom stereocenters. The summed E-state index contributed by atoms with van der Waals surface area (Å²) in [5.74, 6) is 0.451. The number of methoxy groups -OCH3 is 1. The minimum atomic E-state index is -0.892. The number of nitrogens with zero attached hydrogens (tertiary/aromatic N) is 2. The summed E-state index contributed by atoms with van der Waals surface area (Å²) in [7, 11) is 1.44. The largest absolute Gasteiger partial charge is 0.493 e. The predicted octanol–water partition coefficient (Wildman–Crippen LogP) is 5.94. The average Bonchev–Trinajstić information content (AvgIpc) is 3.56. The molecule has 5 rings (SSSR count). The number of ether oxygens (including phenoxy) is 3. The Labute approximate surface area is 266 Å². The van der Waals surface area contributed by atoms with Gasteiger partial charge in [0.05, 0.1) is 45.6 Å². The van der Waals surface area contributed by atoms with E-state index in [0.29, 0.717) is 42.2 Å². The lowest BCUT2D eigenvalue weighted by atomic mass is 9.95. The second-order valence-electron chi connectivity index (χ2n) is 10.4. The zero-order valence-corrected chi connectivity index (χ0v) is 26.8. The molecule has 0 N–H and O–H groups in total. The molecule has 0 fully saturated rings. The van der Waals surface area contributed by atoms with Gasteiger partial charge >= 0.3 is 11.9 Å². The van der Waals surface area contributed by atoms with Gasteiger partial charge in [-0.1, -0.05) is 54.5 Å². The minimum absolute atomic E-state index is 0.102. The lowest BCUT2D eigenvalue weighted by Gasteiger charge is -2.25. The first-order valence-corrected chi connectivity index (χ1v) is 15.1. The number of fused-ring (bicyclic) bond motifs is 1. The molecule has 44 heavy (non-hydrogen) atoms. The molecule has 2 aromatic carbocycles. The molecule has 0 amide bonds. The van der Waals surface area contributed by atoms with E-state index >= 15 is 0 Å². The van der Waals surface area contributed by atoms with Gasteiger partial charge in [-0.3, -0.25) is 14.2 Å². The van der Waals surface area contributed by atoms with E-state index in [1.807, 2.05) is 13.8 Å². The van der Waals surface area contributed by atoms with Gasteiger partial charge in [-0.05, 0) is 60.9 Å². The SMILES string of the molecule is COc1cc(C2C(C(=O)OCC(C)C)=C(C)N=c3s/c(=C/c4ccc(-c5ccc(Cl)c(Cl)c5)o4)c(=O)n32)ccc1OC(C)=O. The van der Waals surface area contributed by atoms with Crippen molar-refractivity contribution in [3.8, 4) is 22.8 Å². The fourth-order valence-electron chi connectivity index (χ4n) is 4.68. The third-order valence-electron chi connectivity index (χ3n) is 6.65. The summed E-state index contributed by atoms with van der Waals surface area (Å²) < 4.78 is 24.2. The van der Waals surface area contributed by atoms with Crippen LogP contribution in [-0.4, -0.2) is 30.2 Å². The first-order valence-electron chi connectivity index (χ1n) is 13.6. The van der Waals surface area contributed by atoms with Gasteiger partial charge in [0.15, 0.2) is 16.3 Å². The van der Waals surface area contributed by atoms with Gasteiger partial charge in [-0.15, -0.1) is 0 Å². The molecule has 0 aliphatic carbocycles. The van der Waals surface area contributed by atoms with Crippen molar-refractivity contribution < 1.29 is 28.2 Å². The molecule has 0 bridgehead atoms. The van der Waals surface area contributed by atoms with E-state index in [1.54, 1.807) is 61.5 Å². The lowest BCUT2D eigenvalue weighted by molar-refractivity contribution is -0.140. The minimum Gasteiger partial charge on any atom is -0.493 e. The van der Waals surface area contributed by atoms with Crippen LogP contribution in [0.2, 0.25) is 10.0 Å². The van der Waals surface area contributed by atoms with Crippen molar-refractivity contribution in [2.24, 2.45) is 10.9 Å². The number of thiazole rings is 1. The Morgan fingerprint density at radius 2 is 1.86 bits per heavy atom. The van der Waals surface area contributed by atoms with Crippen molar-refractivity contribution in [3.63, 3.8) is 0 Å². The van der Waals surface area contributed by atoms with Gasteiger partial charge in [0.2, 0.25) is 0 Å². The van der Waals surface area contributed by atoms with E-state index in [0.717, 1.165) is 16.9 Å². The molecule has 0 radical (unpaired) electrons. The second-order valence-corrected chi connectivity index (χ2v) is 12.2. The maximum atomic E-state index is 14.0. The van der Waals surface area contributed by atoms with Crippen molar-refractivity contribution in [1.82, 2.24) is 4.57 Å². The zero-order chi connectivity index (χ0) is 31.7. The fraction of sp³-hybridized carbons (Fsp3) is 0.250. The monoisotopic (exact) mass is 654 g/mol. The molecule has 0 spiro atoms. The van der Waals surface area contributed by atoms with Crippen LogP contribution in [0.25, 0.3) is 17.4 Å². The highest BCUT2D eigenvalue weighted by molar-refractivity contribution is 7.07. The third-order valence-corrected chi connectivity index (χ3v) is 8.37. The van der Waals surface area contributed by atoms with E-state index < -0.39 is 18.0 Å². The van der Waals surface area contributed by atoms with Gasteiger partial charge < -0.3 is 18.6 Å². The molecule has 1 aliphatic heterocycles. The molecule has 12 heteroatoms. The van der Waals surface area contributed by atoms with Crippen molar-refractivity contribution in [2.75, 3.05) is 13.7 Å². The molecule has 3 heterocycles. The van der Waals surface area contributed by atoms with E-state index in [2.05, 4.69) is 4.99 Å². The molecular weight excluding hydrogens is 627 g/mol. The van der Waals surface area contributed by atoms with Crippen molar-refractivity contribution >= 4 is 52.6 Å². The van der Waals surface area contributed by atoms with E-state index in [9.17, 15) is 14.4 Å². The Bertz CT molecular complexity index is 1990. The molecule has 2 aromatic heterocycles. The summed E-state index contributed by atoms with van der Waals surface area (Å²) in [6.07, 6.45) is 1.63. The van der Waals surface area contributed by atoms with Gasteiger partial charge in [-0.25, -0.2) is 9.79 Å². The number of carbonyl (C=O) groups excluding carboxylic acids is 2. The van der Waals surface area contributed by atoms with Crippen LogP contribution in [0.4, 0.5) is 0 Å². The third kappa shape index (κ3) is 6.38. The number of rotatable bonds is 8. The molecule has 0 saturated carbocycles. The number of aromatic nitrogens is 1. The van der Waals surface area contributed by atoms with Crippen LogP contribution < -0.4 is 24.4 Å². The Kier molecular flexibility index (Phi) is 9.15. The molecule has 9 nitrogen and oxygen atoms in total. The number of esters is 2. The molecule has 0 saturated heterocycles. The van der Waals surface area contributed by atoms with Crippen LogP contribution in [0.5, 0.6) is 11.5 Å².